The summed E-state index contributed by atoms with van der Waals surface area (Å²) in [6.45, 7) is 5.60. The van der Waals surface area contributed by atoms with Crippen molar-refractivity contribution in [3.63, 3.8) is 0 Å². The van der Waals surface area contributed by atoms with Gasteiger partial charge in [-0.15, -0.1) is 0 Å². The van der Waals surface area contributed by atoms with Gasteiger partial charge in [0.25, 0.3) is 0 Å². The van der Waals surface area contributed by atoms with Crippen molar-refractivity contribution in [1.82, 2.24) is 10.2 Å². The minimum Gasteiger partial charge on any atom is -0.472 e. The molecule has 4 nitrogen and oxygen atoms in total. The van der Waals surface area contributed by atoms with Crippen LogP contribution in [0.4, 0.5) is 0 Å². The minimum atomic E-state index is 0.804. The molecule has 2 aromatic rings. The van der Waals surface area contributed by atoms with Crippen molar-refractivity contribution in [3.8, 4) is 0 Å². The van der Waals surface area contributed by atoms with E-state index in [2.05, 4.69) is 24.2 Å². The Balaban J connectivity index is 1.90. The number of hydrogen-bond donors (Lipinski definition) is 1. The second kappa shape index (κ2) is 6.42. The third kappa shape index (κ3) is 3.48. The molecule has 0 aliphatic carbocycles. The van der Waals surface area contributed by atoms with Gasteiger partial charge < -0.3 is 14.2 Å². The van der Waals surface area contributed by atoms with Gasteiger partial charge in [0.05, 0.1) is 25.3 Å². The van der Waals surface area contributed by atoms with E-state index in [0.717, 1.165) is 31.9 Å². The zero-order chi connectivity index (χ0) is 12.8. The Morgan fingerprint density at radius 1 is 1.22 bits per heavy atom. The minimum absolute atomic E-state index is 0.804. The Labute approximate surface area is 108 Å². The van der Waals surface area contributed by atoms with Gasteiger partial charge in [0.1, 0.15) is 5.76 Å². The summed E-state index contributed by atoms with van der Waals surface area (Å²) in [6.07, 6.45) is 5.23. The van der Waals surface area contributed by atoms with Gasteiger partial charge in [0.15, 0.2) is 0 Å². The highest BCUT2D eigenvalue weighted by Gasteiger charge is 2.09. The fraction of sp³-hybridized carbons (Fsp3) is 0.429. The maximum atomic E-state index is 5.55. The fourth-order valence-corrected chi connectivity index (χ4v) is 1.92. The average molecular weight is 248 g/mol. The zero-order valence-electron chi connectivity index (χ0n) is 11.0. The SMILES string of the molecule is CCNCc1ccoc1CN(C)Cc1ccoc1. The molecule has 0 amide bonds. The normalized spacial score (nSPS) is 11.3. The highest BCUT2D eigenvalue weighted by atomic mass is 16.3. The first-order chi connectivity index (χ1) is 8.79. The van der Waals surface area contributed by atoms with E-state index in [-0.39, 0.29) is 0 Å². The highest BCUT2D eigenvalue weighted by Crippen LogP contribution is 2.14. The lowest BCUT2D eigenvalue weighted by Crippen LogP contribution is -2.19. The van der Waals surface area contributed by atoms with Gasteiger partial charge in [-0.25, -0.2) is 0 Å². The van der Waals surface area contributed by atoms with Crippen LogP contribution in [-0.4, -0.2) is 18.5 Å². The lowest BCUT2D eigenvalue weighted by molar-refractivity contribution is 0.285. The molecule has 0 saturated heterocycles. The van der Waals surface area contributed by atoms with E-state index in [1.54, 1.807) is 18.8 Å². The molecule has 2 rings (SSSR count). The Morgan fingerprint density at radius 3 is 2.83 bits per heavy atom. The Bertz CT molecular complexity index is 448. The van der Waals surface area contributed by atoms with Crippen LogP contribution in [-0.2, 0) is 19.6 Å². The second-order valence-electron chi connectivity index (χ2n) is 4.45. The van der Waals surface area contributed by atoms with Crippen molar-refractivity contribution in [3.05, 3.63) is 47.8 Å². The largest absolute Gasteiger partial charge is 0.472 e. The standard InChI is InChI=1S/C14H20N2O2/c1-3-15-8-13-5-7-18-14(13)10-16(2)9-12-4-6-17-11-12/h4-7,11,15H,3,8-10H2,1-2H3. The van der Waals surface area contributed by atoms with Crippen LogP contribution in [0.15, 0.2) is 39.8 Å². The van der Waals surface area contributed by atoms with Crippen molar-refractivity contribution >= 4 is 0 Å². The summed E-state index contributed by atoms with van der Waals surface area (Å²) in [5, 5.41) is 3.32. The third-order valence-corrected chi connectivity index (χ3v) is 2.85. The lowest BCUT2D eigenvalue weighted by atomic mass is 10.2. The van der Waals surface area contributed by atoms with Crippen LogP contribution in [0.1, 0.15) is 23.8 Å². The third-order valence-electron chi connectivity index (χ3n) is 2.85. The zero-order valence-corrected chi connectivity index (χ0v) is 11.0. The quantitative estimate of drug-likeness (QED) is 0.817. The van der Waals surface area contributed by atoms with Crippen molar-refractivity contribution in [2.45, 2.75) is 26.6 Å². The van der Waals surface area contributed by atoms with E-state index < -0.39 is 0 Å². The molecule has 0 unspecified atom stereocenters. The van der Waals surface area contributed by atoms with E-state index in [0.29, 0.717) is 0 Å². The van der Waals surface area contributed by atoms with Crippen LogP contribution in [0.25, 0.3) is 0 Å². The molecule has 0 radical (unpaired) electrons. The number of nitrogens with zero attached hydrogens (tertiary/aromatic N) is 1. The average Bonchev–Trinajstić information content (AvgIpc) is 2.98. The van der Waals surface area contributed by atoms with E-state index >= 15 is 0 Å². The lowest BCUT2D eigenvalue weighted by Gasteiger charge is -2.15. The maximum Gasteiger partial charge on any atom is 0.122 e. The van der Waals surface area contributed by atoms with Crippen molar-refractivity contribution in [2.75, 3.05) is 13.6 Å². The van der Waals surface area contributed by atoms with Gasteiger partial charge in [-0.05, 0) is 25.7 Å². The van der Waals surface area contributed by atoms with Gasteiger partial charge in [-0.3, -0.25) is 4.90 Å². The maximum absolute atomic E-state index is 5.55. The van der Waals surface area contributed by atoms with Gasteiger partial charge in [-0.2, -0.15) is 0 Å². The van der Waals surface area contributed by atoms with Gasteiger partial charge in [0.2, 0.25) is 0 Å². The van der Waals surface area contributed by atoms with Gasteiger partial charge in [0, 0.05) is 24.2 Å². The predicted octanol–water partition coefficient (Wildman–Crippen LogP) is 2.61. The van der Waals surface area contributed by atoms with Crippen molar-refractivity contribution in [2.24, 2.45) is 0 Å². The first-order valence-corrected chi connectivity index (χ1v) is 6.25. The first-order valence-electron chi connectivity index (χ1n) is 6.25. The Hall–Kier alpha value is -1.52. The smallest absolute Gasteiger partial charge is 0.122 e. The molecule has 1 N–H and O–H groups in total. The van der Waals surface area contributed by atoms with Crippen LogP contribution in [0.2, 0.25) is 0 Å². The molecule has 0 aromatic carbocycles. The summed E-state index contributed by atoms with van der Waals surface area (Å²) in [7, 11) is 2.08. The van der Waals surface area contributed by atoms with Crippen molar-refractivity contribution < 1.29 is 8.83 Å². The molecular weight excluding hydrogens is 228 g/mol. The van der Waals surface area contributed by atoms with Crippen LogP contribution >= 0.6 is 0 Å². The van der Waals surface area contributed by atoms with E-state index in [9.17, 15) is 0 Å². The summed E-state index contributed by atoms with van der Waals surface area (Å²) in [5.74, 6) is 1.03. The van der Waals surface area contributed by atoms with Crippen LogP contribution in [0.3, 0.4) is 0 Å². The number of nitrogens with one attached hydrogen (secondary N) is 1. The molecular formula is C14H20N2O2. The number of hydrogen-bond acceptors (Lipinski definition) is 4. The molecule has 0 atom stereocenters. The van der Waals surface area contributed by atoms with Crippen LogP contribution in [0, 0.1) is 0 Å². The second-order valence-corrected chi connectivity index (χ2v) is 4.45. The highest BCUT2D eigenvalue weighted by molar-refractivity contribution is 5.17. The van der Waals surface area contributed by atoms with Crippen LogP contribution < -0.4 is 5.32 Å². The van der Waals surface area contributed by atoms with Crippen LogP contribution in [0.5, 0.6) is 0 Å². The first kappa shape index (κ1) is 12.9. The molecule has 2 aromatic heterocycles. The molecule has 0 aliphatic rings. The molecule has 0 spiro atoms. The van der Waals surface area contributed by atoms with Gasteiger partial charge >= 0.3 is 0 Å². The molecule has 2 heterocycles. The summed E-state index contributed by atoms with van der Waals surface area (Å²) >= 11 is 0. The topological polar surface area (TPSA) is 41.6 Å². The number of furan rings is 2. The van der Waals surface area contributed by atoms with E-state index in [1.807, 2.05) is 12.1 Å². The van der Waals surface area contributed by atoms with E-state index in [4.69, 9.17) is 8.83 Å². The molecule has 0 saturated carbocycles. The van der Waals surface area contributed by atoms with Crippen molar-refractivity contribution in [1.29, 1.82) is 0 Å². The predicted molar refractivity (Wildman–Crippen MR) is 70.0 cm³/mol. The monoisotopic (exact) mass is 248 g/mol. The fourth-order valence-electron chi connectivity index (χ4n) is 1.92. The summed E-state index contributed by atoms with van der Waals surface area (Å²) < 4.78 is 10.6. The Kier molecular flexibility index (Phi) is 4.61. The molecule has 98 valence electrons. The molecule has 18 heavy (non-hydrogen) atoms. The molecule has 0 aliphatic heterocycles. The van der Waals surface area contributed by atoms with E-state index in [1.165, 1.54) is 11.1 Å². The molecule has 4 heteroatoms. The molecule has 0 fully saturated rings. The molecule has 0 bridgehead atoms. The summed E-state index contributed by atoms with van der Waals surface area (Å²) in [4.78, 5) is 2.21. The summed E-state index contributed by atoms with van der Waals surface area (Å²) in [6, 6.07) is 4.02. The van der Waals surface area contributed by atoms with Gasteiger partial charge in [-0.1, -0.05) is 6.92 Å². The number of rotatable bonds is 7. The summed E-state index contributed by atoms with van der Waals surface area (Å²) in [5.41, 5.74) is 2.41. The Morgan fingerprint density at radius 2 is 2.11 bits per heavy atom.